The molecule has 120 valence electrons. The first-order valence-electron chi connectivity index (χ1n) is 8.64. The number of nitrogens with zero attached hydrogens (tertiary/aromatic N) is 1. The summed E-state index contributed by atoms with van der Waals surface area (Å²) in [5, 5.41) is 11.9. The molecular formula is C19H29N2O+. The largest absolute Gasteiger partial charge is 0.385 e. The van der Waals surface area contributed by atoms with Gasteiger partial charge in [-0.05, 0) is 57.7 Å². The van der Waals surface area contributed by atoms with Gasteiger partial charge >= 0.3 is 0 Å². The normalized spacial score (nSPS) is 18.0. The van der Waals surface area contributed by atoms with Gasteiger partial charge in [0.05, 0.1) is 19.6 Å². The molecule has 0 spiro atoms. The number of quaternary nitrogens is 1. The van der Waals surface area contributed by atoms with E-state index in [9.17, 15) is 5.11 Å². The number of piperidine rings is 1. The summed E-state index contributed by atoms with van der Waals surface area (Å²) in [5.74, 6) is 0. The minimum atomic E-state index is -0.261. The first kappa shape index (κ1) is 15.6. The maximum Gasteiger partial charge on any atom is 0.121 e. The molecule has 1 aromatic heterocycles. The average Bonchev–Trinajstić information content (AvgIpc) is 2.73. The van der Waals surface area contributed by atoms with Gasteiger partial charge in [-0.1, -0.05) is 11.6 Å². The quantitative estimate of drug-likeness (QED) is 0.889. The molecule has 0 bridgehead atoms. The Labute approximate surface area is 133 Å². The zero-order valence-corrected chi connectivity index (χ0v) is 14.2. The number of aliphatic hydroxyl groups is 1. The highest BCUT2D eigenvalue weighted by Crippen LogP contribution is 2.26. The third kappa shape index (κ3) is 3.06. The first-order valence-corrected chi connectivity index (χ1v) is 8.64. The van der Waals surface area contributed by atoms with Gasteiger partial charge in [-0.25, -0.2) is 0 Å². The lowest BCUT2D eigenvalue weighted by atomic mass is 10.1. The van der Waals surface area contributed by atoms with E-state index in [0.29, 0.717) is 6.54 Å². The van der Waals surface area contributed by atoms with Gasteiger partial charge in [-0.15, -0.1) is 0 Å². The summed E-state index contributed by atoms with van der Waals surface area (Å²) >= 11 is 0. The number of nitrogens with one attached hydrogen (secondary N) is 1. The van der Waals surface area contributed by atoms with Crippen LogP contribution in [-0.2, 0) is 6.54 Å². The summed E-state index contributed by atoms with van der Waals surface area (Å²) in [5.41, 5.74) is 5.18. The summed E-state index contributed by atoms with van der Waals surface area (Å²) in [6, 6.07) is 6.63. The zero-order chi connectivity index (χ0) is 15.7. The number of hydrogen-bond acceptors (Lipinski definition) is 1. The number of aromatic nitrogens is 1. The second kappa shape index (κ2) is 6.43. The maximum absolute atomic E-state index is 10.6. The van der Waals surface area contributed by atoms with E-state index < -0.39 is 0 Å². The molecule has 0 aliphatic carbocycles. The summed E-state index contributed by atoms with van der Waals surface area (Å²) in [6.45, 7) is 10.5. The lowest BCUT2D eigenvalue weighted by Gasteiger charge is -2.26. The van der Waals surface area contributed by atoms with Gasteiger partial charge in [0.2, 0.25) is 0 Å². The van der Waals surface area contributed by atoms with E-state index in [1.54, 1.807) is 4.90 Å². The monoisotopic (exact) mass is 301 g/mol. The van der Waals surface area contributed by atoms with Crippen LogP contribution in [0.2, 0.25) is 0 Å². The van der Waals surface area contributed by atoms with Crippen LogP contribution in [0.4, 0.5) is 0 Å². The molecule has 22 heavy (non-hydrogen) atoms. The van der Waals surface area contributed by atoms with Crippen LogP contribution in [0.1, 0.15) is 36.1 Å². The smallest absolute Gasteiger partial charge is 0.121 e. The van der Waals surface area contributed by atoms with Crippen molar-refractivity contribution in [3.63, 3.8) is 0 Å². The molecule has 2 N–H and O–H groups in total. The highest BCUT2D eigenvalue weighted by atomic mass is 16.3. The molecule has 1 aliphatic heterocycles. The van der Waals surface area contributed by atoms with E-state index >= 15 is 0 Å². The highest BCUT2D eigenvalue weighted by Gasteiger charge is 2.20. The van der Waals surface area contributed by atoms with Crippen LogP contribution < -0.4 is 4.90 Å². The van der Waals surface area contributed by atoms with Crippen LogP contribution >= 0.6 is 0 Å². The van der Waals surface area contributed by atoms with Gasteiger partial charge in [0, 0.05) is 16.6 Å². The Kier molecular flexibility index (Phi) is 4.55. The molecule has 0 saturated carbocycles. The third-order valence-electron chi connectivity index (χ3n) is 5.27. The average molecular weight is 301 g/mol. The maximum atomic E-state index is 10.6. The van der Waals surface area contributed by atoms with Crippen molar-refractivity contribution in [3.05, 3.63) is 35.0 Å². The molecule has 0 amide bonds. The van der Waals surface area contributed by atoms with Crippen LogP contribution in [0.15, 0.2) is 18.2 Å². The van der Waals surface area contributed by atoms with Gasteiger partial charge in [0.25, 0.3) is 0 Å². The molecule has 0 radical (unpaired) electrons. The molecule has 1 atom stereocenters. The minimum absolute atomic E-state index is 0.261. The summed E-state index contributed by atoms with van der Waals surface area (Å²) in [6.07, 6.45) is 3.72. The summed E-state index contributed by atoms with van der Waals surface area (Å²) in [7, 11) is 0. The molecule has 1 fully saturated rings. The van der Waals surface area contributed by atoms with E-state index in [0.717, 1.165) is 6.54 Å². The lowest BCUT2D eigenvalue weighted by molar-refractivity contribution is -0.908. The Bertz CT molecular complexity index is 653. The number of rotatable bonds is 4. The molecule has 3 rings (SSSR count). The standard InChI is InChI=1S/C19H28N2O/c1-14-7-8-19-18(11-14)15(2)16(3)21(19)13-17(22)12-20-9-5-4-6-10-20/h7-8,11,17,22H,4-6,9-10,12-13H2,1-3H3/p+1/t17-/m0/s1. The molecule has 1 aliphatic rings. The third-order valence-corrected chi connectivity index (χ3v) is 5.27. The number of aryl methyl sites for hydroxylation is 2. The molecule has 0 unspecified atom stereocenters. The van der Waals surface area contributed by atoms with Crippen LogP contribution in [0.25, 0.3) is 10.9 Å². The van der Waals surface area contributed by atoms with Crippen molar-refractivity contribution in [1.82, 2.24) is 4.57 Å². The predicted octanol–water partition coefficient (Wildman–Crippen LogP) is 2.00. The van der Waals surface area contributed by atoms with Crippen molar-refractivity contribution >= 4 is 10.9 Å². The predicted molar refractivity (Wildman–Crippen MR) is 91.6 cm³/mol. The van der Waals surface area contributed by atoms with E-state index in [2.05, 4.69) is 43.5 Å². The van der Waals surface area contributed by atoms with Crippen LogP contribution in [0, 0.1) is 20.8 Å². The Hall–Kier alpha value is -1.32. The Morgan fingerprint density at radius 1 is 1.14 bits per heavy atom. The molecule has 3 heteroatoms. The number of benzene rings is 1. The van der Waals surface area contributed by atoms with E-state index in [1.807, 2.05) is 0 Å². The highest BCUT2D eigenvalue weighted by molar-refractivity contribution is 5.85. The Balaban J connectivity index is 1.79. The number of hydrogen-bond donors (Lipinski definition) is 2. The molecule has 1 saturated heterocycles. The molecule has 3 nitrogen and oxygen atoms in total. The van der Waals surface area contributed by atoms with Gasteiger partial charge in [-0.3, -0.25) is 0 Å². The van der Waals surface area contributed by atoms with Crippen molar-refractivity contribution < 1.29 is 10.0 Å². The fraction of sp³-hybridized carbons (Fsp3) is 0.579. The fourth-order valence-corrected chi connectivity index (χ4v) is 3.86. The molecule has 1 aromatic carbocycles. The number of likely N-dealkylation sites (tertiary alicyclic amines) is 1. The van der Waals surface area contributed by atoms with Crippen molar-refractivity contribution in [2.75, 3.05) is 19.6 Å². The zero-order valence-electron chi connectivity index (χ0n) is 14.2. The molecule has 2 aromatic rings. The fourth-order valence-electron chi connectivity index (χ4n) is 3.86. The topological polar surface area (TPSA) is 29.6 Å². The Morgan fingerprint density at radius 2 is 1.86 bits per heavy atom. The van der Waals surface area contributed by atoms with Gasteiger partial charge in [0.1, 0.15) is 12.6 Å². The molecule has 2 heterocycles. The Morgan fingerprint density at radius 3 is 2.59 bits per heavy atom. The van der Waals surface area contributed by atoms with Crippen LogP contribution in [0.5, 0.6) is 0 Å². The summed E-state index contributed by atoms with van der Waals surface area (Å²) < 4.78 is 2.30. The van der Waals surface area contributed by atoms with Gasteiger partial charge in [0.15, 0.2) is 0 Å². The minimum Gasteiger partial charge on any atom is -0.385 e. The van der Waals surface area contributed by atoms with E-state index in [1.165, 1.54) is 60.1 Å². The lowest BCUT2D eigenvalue weighted by Crippen LogP contribution is -3.13. The number of aliphatic hydroxyl groups excluding tert-OH is 1. The van der Waals surface area contributed by atoms with Crippen molar-refractivity contribution in [1.29, 1.82) is 0 Å². The van der Waals surface area contributed by atoms with E-state index in [-0.39, 0.29) is 6.10 Å². The van der Waals surface area contributed by atoms with Crippen LogP contribution in [-0.4, -0.2) is 35.4 Å². The van der Waals surface area contributed by atoms with Crippen molar-refractivity contribution in [2.24, 2.45) is 0 Å². The summed E-state index contributed by atoms with van der Waals surface area (Å²) in [4.78, 5) is 1.57. The van der Waals surface area contributed by atoms with Crippen molar-refractivity contribution in [2.45, 2.75) is 52.7 Å². The van der Waals surface area contributed by atoms with Gasteiger partial charge in [-0.2, -0.15) is 0 Å². The second-order valence-corrected chi connectivity index (χ2v) is 7.01. The SMILES string of the molecule is Cc1ccc2c(c1)c(C)c(C)n2C[C@@H](O)C[NH+]1CCCCC1. The second-order valence-electron chi connectivity index (χ2n) is 7.01. The van der Waals surface area contributed by atoms with E-state index in [4.69, 9.17) is 0 Å². The van der Waals surface area contributed by atoms with Gasteiger partial charge < -0.3 is 14.6 Å². The number of fused-ring (bicyclic) bond motifs is 1. The molecular weight excluding hydrogens is 272 g/mol. The van der Waals surface area contributed by atoms with Crippen LogP contribution in [0.3, 0.4) is 0 Å². The first-order chi connectivity index (χ1) is 10.6. The van der Waals surface area contributed by atoms with Crippen molar-refractivity contribution in [3.8, 4) is 0 Å².